The highest BCUT2D eigenvalue weighted by Crippen LogP contribution is 2.18. The first-order valence-electron chi connectivity index (χ1n) is 7.96. The second-order valence-corrected chi connectivity index (χ2v) is 5.84. The summed E-state index contributed by atoms with van der Waals surface area (Å²) in [5, 5.41) is 5.55. The molecule has 132 valence electrons. The van der Waals surface area contributed by atoms with Crippen molar-refractivity contribution >= 4 is 17.5 Å². The van der Waals surface area contributed by atoms with Crippen LogP contribution >= 0.6 is 0 Å². The van der Waals surface area contributed by atoms with Crippen LogP contribution in [0.1, 0.15) is 37.4 Å². The van der Waals surface area contributed by atoms with E-state index in [0.29, 0.717) is 17.7 Å². The van der Waals surface area contributed by atoms with Gasteiger partial charge < -0.3 is 10.6 Å². The molecule has 0 aliphatic carbocycles. The molecule has 0 aromatic heterocycles. The van der Waals surface area contributed by atoms with E-state index in [9.17, 15) is 18.4 Å². The van der Waals surface area contributed by atoms with E-state index in [2.05, 4.69) is 10.6 Å². The van der Waals surface area contributed by atoms with Crippen molar-refractivity contribution in [2.45, 2.75) is 32.7 Å². The molecular weight excluding hydrogens is 326 g/mol. The molecule has 0 heterocycles. The molecule has 0 aliphatic heterocycles. The number of nitrogens with one attached hydrogen (secondary N) is 2. The first kappa shape index (κ1) is 18.6. The van der Waals surface area contributed by atoms with E-state index in [1.807, 2.05) is 13.0 Å². The summed E-state index contributed by atoms with van der Waals surface area (Å²) in [5.41, 5.74) is 2.08. The highest BCUT2D eigenvalue weighted by molar-refractivity contribution is 5.88. The van der Waals surface area contributed by atoms with Crippen molar-refractivity contribution in [1.82, 2.24) is 5.32 Å². The van der Waals surface area contributed by atoms with Crippen LogP contribution in [0, 0.1) is 11.6 Å². The smallest absolute Gasteiger partial charge is 0.221 e. The van der Waals surface area contributed by atoms with Gasteiger partial charge in [0.1, 0.15) is 0 Å². The molecule has 0 saturated carbocycles. The lowest BCUT2D eigenvalue weighted by molar-refractivity contribution is -0.121. The predicted octanol–water partition coefficient (Wildman–Crippen LogP) is 3.73. The van der Waals surface area contributed by atoms with E-state index in [1.165, 1.54) is 13.0 Å². The Bertz CT molecular complexity index is 778. The number of rotatable bonds is 6. The molecule has 0 bridgehead atoms. The quantitative estimate of drug-likeness (QED) is 0.837. The van der Waals surface area contributed by atoms with Crippen molar-refractivity contribution in [1.29, 1.82) is 0 Å². The summed E-state index contributed by atoms with van der Waals surface area (Å²) in [6.07, 6.45) is 0.489. The predicted molar refractivity (Wildman–Crippen MR) is 92.0 cm³/mol. The number of aryl methyl sites for hydroxylation is 1. The van der Waals surface area contributed by atoms with E-state index >= 15 is 0 Å². The highest BCUT2D eigenvalue weighted by atomic mass is 19.2. The molecule has 6 heteroatoms. The van der Waals surface area contributed by atoms with Crippen LogP contribution < -0.4 is 10.6 Å². The maximum absolute atomic E-state index is 13.2. The van der Waals surface area contributed by atoms with Gasteiger partial charge in [-0.05, 0) is 48.7 Å². The molecule has 1 unspecified atom stereocenters. The zero-order chi connectivity index (χ0) is 18.4. The standard InChI is InChI=1S/C19H20F2N2O2/c1-12(15-4-3-5-16(11-15)23-13(2)24)22-19(25)9-7-14-6-8-17(20)18(21)10-14/h3-6,8,10-12H,7,9H2,1-2H3,(H,22,25)(H,23,24). The van der Waals surface area contributed by atoms with Gasteiger partial charge in [0.05, 0.1) is 6.04 Å². The topological polar surface area (TPSA) is 58.2 Å². The molecule has 0 radical (unpaired) electrons. The number of anilines is 1. The summed E-state index contributed by atoms with van der Waals surface area (Å²) in [5.74, 6) is -2.18. The van der Waals surface area contributed by atoms with Crippen LogP contribution in [-0.2, 0) is 16.0 Å². The van der Waals surface area contributed by atoms with Gasteiger partial charge >= 0.3 is 0 Å². The lowest BCUT2D eigenvalue weighted by Gasteiger charge is -2.15. The minimum absolute atomic E-state index is 0.166. The van der Waals surface area contributed by atoms with Gasteiger partial charge in [-0.1, -0.05) is 18.2 Å². The van der Waals surface area contributed by atoms with E-state index in [0.717, 1.165) is 17.7 Å². The molecular formula is C19H20F2N2O2. The second kappa shape index (κ2) is 8.37. The summed E-state index contributed by atoms with van der Waals surface area (Å²) < 4.78 is 26.0. The van der Waals surface area contributed by atoms with Crippen molar-refractivity contribution in [2.75, 3.05) is 5.32 Å². The number of hydrogen-bond donors (Lipinski definition) is 2. The first-order valence-corrected chi connectivity index (χ1v) is 7.96. The fraction of sp³-hybridized carbons (Fsp3) is 0.263. The highest BCUT2D eigenvalue weighted by Gasteiger charge is 2.11. The summed E-state index contributed by atoms with van der Waals surface area (Å²) >= 11 is 0. The lowest BCUT2D eigenvalue weighted by atomic mass is 10.1. The van der Waals surface area contributed by atoms with Crippen molar-refractivity contribution in [3.05, 3.63) is 65.2 Å². The molecule has 2 rings (SSSR count). The summed E-state index contributed by atoms with van der Waals surface area (Å²) in [7, 11) is 0. The van der Waals surface area contributed by atoms with Crippen molar-refractivity contribution in [3.63, 3.8) is 0 Å². The molecule has 0 saturated heterocycles. The summed E-state index contributed by atoms with van der Waals surface area (Å²) in [6.45, 7) is 3.26. The van der Waals surface area contributed by atoms with E-state index < -0.39 is 11.6 Å². The fourth-order valence-electron chi connectivity index (χ4n) is 2.44. The number of hydrogen-bond acceptors (Lipinski definition) is 2. The third-order valence-electron chi connectivity index (χ3n) is 3.71. The maximum Gasteiger partial charge on any atom is 0.221 e. The molecule has 2 amide bonds. The van der Waals surface area contributed by atoms with Gasteiger partial charge in [0.25, 0.3) is 0 Å². The molecule has 2 aromatic rings. The molecule has 1 atom stereocenters. The van der Waals surface area contributed by atoms with E-state index in [1.54, 1.807) is 18.2 Å². The van der Waals surface area contributed by atoms with E-state index in [-0.39, 0.29) is 24.3 Å². The Hall–Kier alpha value is -2.76. The van der Waals surface area contributed by atoms with Gasteiger partial charge in [0.15, 0.2) is 11.6 Å². The molecule has 0 aliphatic rings. The molecule has 25 heavy (non-hydrogen) atoms. The fourth-order valence-corrected chi connectivity index (χ4v) is 2.44. The van der Waals surface area contributed by atoms with Crippen LogP contribution in [0.3, 0.4) is 0 Å². The summed E-state index contributed by atoms with van der Waals surface area (Å²) in [6, 6.07) is 10.6. The van der Waals surface area contributed by atoms with Crippen molar-refractivity contribution in [2.24, 2.45) is 0 Å². The lowest BCUT2D eigenvalue weighted by Crippen LogP contribution is -2.26. The van der Waals surface area contributed by atoms with Crippen molar-refractivity contribution in [3.8, 4) is 0 Å². The van der Waals surface area contributed by atoms with Crippen LogP contribution in [0.15, 0.2) is 42.5 Å². The Balaban J connectivity index is 1.91. The van der Waals surface area contributed by atoms with E-state index in [4.69, 9.17) is 0 Å². The Kier molecular flexibility index (Phi) is 6.22. The number of amides is 2. The Morgan fingerprint density at radius 2 is 1.84 bits per heavy atom. The number of carbonyl (C=O) groups excluding carboxylic acids is 2. The molecule has 2 aromatic carbocycles. The van der Waals surface area contributed by atoms with Crippen LogP contribution in [0.5, 0.6) is 0 Å². The third kappa shape index (κ3) is 5.67. The zero-order valence-corrected chi connectivity index (χ0v) is 14.1. The van der Waals surface area contributed by atoms with Gasteiger partial charge in [-0.3, -0.25) is 9.59 Å². The summed E-state index contributed by atoms with van der Waals surface area (Å²) in [4.78, 5) is 23.2. The van der Waals surface area contributed by atoms with Gasteiger partial charge in [0.2, 0.25) is 11.8 Å². The monoisotopic (exact) mass is 346 g/mol. The van der Waals surface area contributed by atoms with Crippen LogP contribution in [0.25, 0.3) is 0 Å². The van der Waals surface area contributed by atoms with Crippen LogP contribution in [0.4, 0.5) is 14.5 Å². The normalized spacial score (nSPS) is 11.7. The minimum Gasteiger partial charge on any atom is -0.350 e. The van der Waals surface area contributed by atoms with Gasteiger partial charge in [-0.25, -0.2) is 8.78 Å². The van der Waals surface area contributed by atoms with Crippen LogP contribution in [-0.4, -0.2) is 11.8 Å². The Morgan fingerprint density at radius 1 is 1.08 bits per heavy atom. The van der Waals surface area contributed by atoms with Gasteiger partial charge in [-0.15, -0.1) is 0 Å². The SMILES string of the molecule is CC(=O)Nc1cccc(C(C)NC(=O)CCc2ccc(F)c(F)c2)c1. The average molecular weight is 346 g/mol. The molecule has 2 N–H and O–H groups in total. The van der Waals surface area contributed by atoms with Gasteiger partial charge in [0, 0.05) is 19.0 Å². The van der Waals surface area contributed by atoms with Crippen LogP contribution in [0.2, 0.25) is 0 Å². The minimum atomic E-state index is -0.916. The largest absolute Gasteiger partial charge is 0.350 e. The number of halogens is 2. The molecule has 0 spiro atoms. The first-order chi connectivity index (χ1) is 11.8. The Labute approximate surface area is 145 Å². The number of carbonyl (C=O) groups is 2. The van der Waals surface area contributed by atoms with Crippen molar-refractivity contribution < 1.29 is 18.4 Å². The number of benzene rings is 2. The third-order valence-corrected chi connectivity index (χ3v) is 3.71. The second-order valence-electron chi connectivity index (χ2n) is 5.84. The maximum atomic E-state index is 13.2. The zero-order valence-electron chi connectivity index (χ0n) is 14.1. The molecule has 0 fully saturated rings. The average Bonchev–Trinajstić information content (AvgIpc) is 2.55. The molecule has 4 nitrogen and oxygen atoms in total. The van der Waals surface area contributed by atoms with Gasteiger partial charge in [-0.2, -0.15) is 0 Å². The Morgan fingerprint density at radius 3 is 2.52 bits per heavy atom.